The first-order valence-corrected chi connectivity index (χ1v) is 5.98. The highest BCUT2D eigenvalue weighted by molar-refractivity contribution is 5.85. The Hall–Kier alpha value is -1.95. The van der Waals surface area contributed by atoms with Gasteiger partial charge in [-0.05, 0) is 12.1 Å². The first-order chi connectivity index (χ1) is 8.83. The summed E-state index contributed by atoms with van der Waals surface area (Å²) in [6.07, 6.45) is 1.58. The van der Waals surface area contributed by atoms with E-state index >= 15 is 0 Å². The summed E-state index contributed by atoms with van der Waals surface area (Å²) in [5.41, 5.74) is 8.57. The van der Waals surface area contributed by atoms with Gasteiger partial charge in [-0.2, -0.15) is 0 Å². The SMILES string of the molecule is Cl.[NH-]c1c[n+](N2CCN(c3ccccc3)CC2)no1. The second-order valence-electron chi connectivity index (χ2n) is 4.26. The Labute approximate surface area is 117 Å². The molecular weight excluding hydrogens is 266 g/mol. The summed E-state index contributed by atoms with van der Waals surface area (Å²) in [7, 11) is 0. The number of rotatable bonds is 2. The summed E-state index contributed by atoms with van der Waals surface area (Å²) in [6, 6.07) is 10.4. The molecule has 102 valence electrons. The lowest BCUT2D eigenvalue weighted by Gasteiger charge is -2.31. The molecule has 0 unspecified atom stereocenters. The molecule has 3 rings (SSSR count). The molecule has 0 spiro atoms. The van der Waals surface area contributed by atoms with Crippen molar-refractivity contribution in [1.29, 1.82) is 0 Å². The quantitative estimate of drug-likeness (QED) is 0.783. The lowest BCUT2D eigenvalue weighted by molar-refractivity contribution is -0.758. The van der Waals surface area contributed by atoms with Crippen LogP contribution in [0.2, 0.25) is 0 Å². The first kappa shape index (κ1) is 13.5. The third-order valence-electron chi connectivity index (χ3n) is 3.12. The van der Waals surface area contributed by atoms with E-state index < -0.39 is 0 Å². The molecule has 0 saturated carbocycles. The van der Waals surface area contributed by atoms with Gasteiger partial charge >= 0.3 is 0 Å². The molecule has 1 saturated heterocycles. The molecular formula is C12H16ClN5O. The highest BCUT2D eigenvalue weighted by Crippen LogP contribution is 2.14. The fourth-order valence-electron chi connectivity index (χ4n) is 2.17. The van der Waals surface area contributed by atoms with E-state index in [-0.39, 0.29) is 18.3 Å². The molecule has 6 nitrogen and oxygen atoms in total. The molecule has 1 aromatic carbocycles. The molecule has 0 aliphatic carbocycles. The van der Waals surface area contributed by atoms with Crippen molar-refractivity contribution < 1.29 is 9.31 Å². The summed E-state index contributed by atoms with van der Waals surface area (Å²) in [6.45, 7) is 3.62. The van der Waals surface area contributed by atoms with E-state index in [2.05, 4.69) is 39.4 Å². The number of hydrogen-bond donors (Lipinski definition) is 0. The van der Waals surface area contributed by atoms with Crippen molar-refractivity contribution in [2.24, 2.45) is 0 Å². The minimum Gasteiger partial charge on any atom is -0.660 e. The smallest absolute Gasteiger partial charge is 0.256 e. The van der Waals surface area contributed by atoms with Crippen molar-refractivity contribution in [3.63, 3.8) is 0 Å². The predicted molar refractivity (Wildman–Crippen MR) is 74.5 cm³/mol. The van der Waals surface area contributed by atoms with Crippen LogP contribution in [0.4, 0.5) is 11.6 Å². The average Bonchev–Trinajstić information content (AvgIpc) is 2.87. The van der Waals surface area contributed by atoms with Gasteiger partial charge in [0.25, 0.3) is 6.20 Å². The van der Waals surface area contributed by atoms with E-state index in [9.17, 15) is 0 Å². The van der Waals surface area contributed by atoms with E-state index in [4.69, 9.17) is 10.3 Å². The molecule has 2 heterocycles. The summed E-state index contributed by atoms with van der Waals surface area (Å²) >= 11 is 0. The summed E-state index contributed by atoms with van der Waals surface area (Å²) < 4.78 is 4.75. The van der Waals surface area contributed by atoms with Crippen molar-refractivity contribution in [2.75, 3.05) is 36.1 Å². The molecule has 0 atom stereocenters. The Morgan fingerprint density at radius 1 is 1.11 bits per heavy atom. The standard InChI is InChI=1S/C12H15N5O.ClH/c13-12-10-17(14-18-12)16-8-6-15(7-9-16)11-4-2-1-3-5-11;/h1-5,10,13H,6-9H2;1H. The Morgan fingerprint density at radius 3 is 2.37 bits per heavy atom. The highest BCUT2D eigenvalue weighted by Gasteiger charge is 2.24. The van der Waals surface area contributed by atoms with Crippen LogP contribution >= 0.6 is 12.4 Å². The Morgan fingerprint density at radius 2 is 1.79 bits per heavy atom. The number of anilines is 1. The first-order valence-electron chi connectivity index (χ1n) is 5.98. The second-order valence-corrected chi connectivity index (χ2v) is 4.26. The number of aromatic nitrogens is 2. The van der Waals surface area contributed by atoms with Crippen LogP contribution in [-0.4, -0.2) is 31.5 Å². The van der Waals surface area contributed by atoms with Crippen LogP contribution in [-0.2, 0) is 0 Å². The van der Waals surface area contributed by atoms with Gasteiger partial charge in [0.2, 0.25) is 5.27 Å². The minimum absolute atomic E-state index is 0. The van der Waals surface area contributed by atoms with Crippen molar-refractivity contribution in [2.45, 2.75) is 0 Å². The number of hydrogen-bond acceptors (Lipinski definition) is 4. The Balaban J connectivity index is 0.00000133. The number of nitrogens with zero attached hydrogens (tertiary/aromatic N) is 4. The van der Waals surface area contributed by atoms with Crippen LogP contribution in [0.25, 0.3) is 5.73 Å². The van der Waals surface area contributed by atoms with Crippen LogP contribution in [0, 0.1) is 0 Å². The molecule has 2 aromatic rings. The molecule has 0 radical (unpaired) electrons. The average molecular weight is 282 g/mol. The van der Waals surface area contributed by atoms with Crippen molar-refractivity contribution in [3.8, 4) is 0 Å². The third kappa shape index (κ3) is 2.90. The van der Waals surface area contributed by atoms with E-state index in [1.165, 1.54) is 5.69 Å². The van der Waals surface area contributed by atoms with Gasteiger partial charge < -0.3 is 15.2 Å². The molecule has 7 heteroatoms. The van der Waals surface area contributed by atoms with Gasteiger partial charge in [0, 0.05) is 18.8 Å². The maximum Gasteiger partial charge on any atom is 0.256 e. The van der Waals surface area contributed by atoms with Gasteiger partial charge in [-0.25, -0.2) is 0 Å². The summed E-state index contributed by atoms with van der Waals surface area (Å²) in [5, 5.41) is 5.87. The molecule has 1 aliphatic rings. The molecule has 1 N–H and O–H groups in total. The topological polar surface area (TPSA) is 60.2 Å². The monoisotopic (exact) mass is 281 g/mol. The Bertz CT molecular complexity index is 510. The number of benzene rings is 1. The van der Waals surface area contributed by atoms with E-state index in [1.54, 1.807) is 11.0 Å². The zero-order valence-electron chi connectivity index (χ0n) is 10.4. The number of piperazine rings is 1. The van der Waals surface area contributed by atoms with Gasteiger partial charge in [0.1, 0.15) is 5.88 Å². The van der Waals surface area contributed by atoms with Crippen molar-refractivity contribution >= 4 is 24.0 Å². The lowest BCUT2D eigenvalue weighted by atomic mass is 10.2. The number of nitrogens with one attached hydrogen (secondary N) is 1. The van der Waals surface area contributed by atoms with Gasteiger partial charge in [0.05, 0.1) is 17.9 Å². The number of para-hydroxylation sites is 1. The largest absolute Gasteiger partial charge is 0.660 e. The second kappa shape index (κ2) is 5.79. The fraction of sp³-hybridized carbons (Fsp3) is 0.333. The van der Waals surface area contributed by atoms with Crippen molar-refractivity contribution in [1.82, 2.24) is 5.27 Å². The third-order valence-corrected chi connectivity index (χ3v) is 3.12. The molecule has 19 heavy (non-hydrogen) atoms. The van der Waals surface area contributed by atoms with Gasteiger partial charge in [-0.15, -0.1) is 17.4 Å². The maximum atomic E-state index is 7.32. The highest BCUT2D eigenvalue weighted by atomic mass is 35.5. The minimum atomic E-state index is 0. The van der Waals surface area contributed by atoms with Crippen LogP contribution in [0.5, 0.6) is 0 Å². The fourth-order valence-corrected chi connectivity index (χ4v) is 2.17. The van der Waals surface area contributed by atoms with Crippen LogP contribution in [0.15, 0.2) is 41.1 Å². The molecule has 1 aromatic heterocycles. The number of halogens is 1. The zero-order chi connectivity index (χ0) is 12.4. The van der Waals surface area contributed by atoms with Crippen LogP contribution < -0.4 is 14.7 Å². The zero-order valence-corrected chi connectivity index (χ0v) is 11.2. The van der Waals surface area contributed by atoms with Gasteiger partial charge in [-0.3, -0.25) is 0 Å². The van der Waals surface area contributed by atoms with Crippen LogP contribution in [0.1, 0.15) is 0 Å². The summed E-state index contributed by atoms with van der Waals surface area (Å²) in [4.78, 5) is 3.96. The van der Waals surface area contributed by atoms with Gasteiger partial charge in [-0.1, -0.05) is 18.2 Å². The van der Waals surface area contributed by atoms with E-state index in [1.807, 2.05) is 6.07 Å². The molecule has 0 amide bonds. The molecule has 1 fully saturated rings. The van der Waals surface area contributed by atoms with Crippen molar-refractivity contribution in [3.05, 3.63) is 42.3 Å². The molecule has 1 aliphatic heterocycles. The normalized spacial score (nSPS) is 15.2. The summed E-state index contributed by atoms with van der Waals surface area (Å²) in [5.74, 6) is 0.0838. The van der Waals surface area contributed by atoms with E-state index in [0.717, 1.165) is 26.2 Å². The van der Waals surface area contributed by atoms with E-state index in [0.29, 0.717) is 0 Å². The predicted octanol–water partition coefficient (Wildman–Crippen LogP) is 1.53. The molecule has 0 bridgehead atoms. The lowest BCUT2D eigenvalue weighted by Crippen LogP contribution is -2.65. The van der Waals surface area contributed by atoms with Crippen LogP contribution in [0.3, 0.4) is 0 Å². The van der Waals surface area contributed by atoms with Gasteiger partial charge in [0.15, 0.2) is 0 Å². The Kier molecular flexibility index (Phi) is 4.11. The maximum absolute atomic E-state index is 7.32.